The van der Waals surface area contributed by atoms with Crippen LogP contribution in [0.2, 0.25) is 0 Å². The third kappa shape index (κ3) is 4.04. The van der Waals surface area contributed by atoms with Crippen molar-refractivity contribution in [2.75, 3.05) is 18.4 Å². The maximum Gasteiger partial charge on any atom is 0.346 e. The lowest BCUT2D eigenvalue weighted by Gasteiger charge is -2.31. The molecule has 0 radical (unpaired) electrons. The summed E-state index contributed by atoms with van der Waals surface area (Å²) in [5.74, 6) is 1.05. The molecule has 0 unspecified atom stereocenters. The van der Waals surface area contributed by atoms with E-state index >= 15 is 0 Å². The first-order valence-corrected chi connectivity index (χ1v) is 10.6. The van der Waals surface area contributed by atoms with Crippen molar-refractivity contribution in [3.63, 3.8) is 0 Å². The van der Waals surface area contributed by atoms with Gasteiger partial charge < -0.3 is 10.2 Å². The quantitative estimate of drug-likeness (QED) is 0.814. The molecule has 4 rings (SSSR count). The highest BCUT2D eigenvalue weighted by atomic mass is 16.2. The zero-order valence-electron chi connectivity index (χ0n) is 17.9. The van der Waals surface area contributed by atoms with Gasteiger partial charge in [-0.15, -0.1) is 0 Å². The van der Waals surface area contributed by atoms with Gasteiger partial charge in [0.15, 0.2) is 0 Å². The fourth-order valence-electron chi connectivity index (χ4n) is 4.12. The van der Waals surface area contributed by atoms with Crippen molar-refractivity contribution in [2.45, 2.75) is 52.0 Å². The zero-order chi connectivity index (χ0) is 21.4. The van der Waals surface area contributed by atoms with Gasteiger partial charge in [-0.05, 0) is 56.7 Å². The van der Waals surface area contributed by atoms with E-state index in [-0.39, 0.29) is 35.9 Å². The van der Waals surface area contributed by atoms with Crippen LogP contribution < -0.4 is 11.0 Å². The minimum absolute atomic E-state index is 0.120. The van der Waals surface area contributed by atoms with E-state index in [1.165, 1.54) is 9.25 Å². The summed E-state index contributed by atoms with van der Waals surface area (Å²) < 4.78 is 2.77. The number of rotatable bonds is 5. The van der Waals surface area contributed by atoms with Crippen molar-refractivity contribution < 1.29 is 9.59 Å². The third-order valence-electron chi connectivity index (χ3n) is 6.35. The molecule has 0 atom stereocenters. The predicted molar refractivity (Wildman–Crippen MR) is 113 cm³/mol. The number of aryl methyl sites for hydroxylation is 1. The molecule has 30 heavy (non-hydrogen) atoms. The van der Waals surface area contributed by atoms with Crippen LogP contribution in [-0.2, 0) is 23.2 Å². The Kier molecular flexibility index (Phi) is 5.49. The van der Waals surface area contributed by atoms with Crippen molar-refractivity contribution in [3.8, 4) is 0 Å². The van der Waals surface area contributed by atoms with E-state index in [0.29, 0.717) is 18.9 Å². The second-order valence-corrected chi connectivity index (χ2v) is 8.53. The smallest absolute Gasteiger partial charge is 0.342 e. The van der Waals surface area contributed by atoms with Gasteiger partial charge in [-0.2, -0.15) is 5.10 Å². The van der Waals surface area contributed by atoms with Crippen LogP contribution in [-0.4, -0.2) is 44.2 Å². The van der Waals surface area contributed by atoms with Crippen molar-refractivity contribution in [3.05, 3.63) is 45.6 Å². The van der Waals surface area contributed by atoms with Gasteiger partial charge in [-0.3, -0.25) is 14.2 Å². The number of hydrogen-bond donors (Lipinski definition) is 1. The van der Waals surface area contributed by atoms with Crippen molar-refractivity contribution in [1.82, 2.24) is 19.2 Å². The molecule has 2 heterocycles. The number of piperidine rings is 1. The van der Waals surface area contributed by atoms with E-state index in [2.05, 4.69) is 10.4 Å². The van der Waals surface area contributed by atoms with Crippen LogP contribution in [0.5, 0.6) is 0 Å². The Morgan fingerprint density at radius 2 is 1.83 bits per heavy atom. The Balaban J connectivity index is 1.42. The number of anilines is 1. The van der Waals surface area contributed by atoms with Gasteiger partial charge in [0.2, 0.25) is 11.8 Å². The molecule has 2 fully saturated rings. The molecule has 1 aliphatic heterocycles. The molecule has 1 saturated carbocycles. The number of aromatic nitrogens is 3. The monoisotopic (exact) mass is 411 g/mol. The average Bonchev–Trinajstić information content (AvgIpc) is 3.54. The Labute approximate surface area is 175 Å². The lowest BCUT2D eigenvalue weighted by atomic mass is 9.95. The fraction of sp³-hybridized carbons (Fsp3) is 0.545. The van der Waals surface area contributed by atoms with E-state index in [1.54, 1.807) is 7.05 Å². The van der Waals surface area contributed by atoms with Gasteiger partial charge in [-0.1, -0.05) is 12.1 Å². The number of hydrogen-bond acceptors (Lipinski definition) is 4. The van der Waals surface area contributed by atoms with Crippen LogP contribution in [0.3, 0.4) is 0 Å². The standard InChI is InChI=1S/C22H29N5O3/c1-14-5-4-6-18(15(14)2)23-19(28)13-27-22(30)25(3)20(24-27)16-9-11-26(12-10-16)21(29)17-7-8-17/h4-6,16-17H,7-13H2,1-3H3,(H,23,28). The third-order valence-corrected chi connectivity index (χ3v) is 6.35. The first kappa shape index (κ1) is 20.4. The summed E-state index contributed by atoms with van der Waals surface area (Å²) in [4.78, 5) is 39.3. The van der Waals surface area contributed by atoms with Crippen molar-refractivity contribution >= 4 is 17.5 Å². The molecular formula is C22H29N5O3. The highest BCUT2D eigenvalue weighted by Crippen LogP contribution is 2.33. The lowest BCUT2D eigenvalue weighted by molar-refractivity contribution is -0.133. The largest absolute Gasteiger partial charge is 0.346 e. The van der Waals surface area contributed by atoms with Crippen LogP contribution >= 0.6 is 0 Å². The zero-order valence-corrected chi connectivity index (χ0v) is 17.9. The number of nitrogens with zero attached hydrogens (tertiary/aromatic N) is 4. The van der Waals surface area contributed by atoms with E-state index in [1.807, 2.05) is 36.9 Å². The van der Waals surface area contributed by atoms with Gasteiger partial charge in [0.25, 0.3) is 0 Å². The molecular weight excluding hydrogens is 382 g/mol. The van der Waals surface area contributed by atoms with E-state index < -0.39 is 0 Å². The van der Waals surface area contributed by atoms with Crippen LogP contribution in [0.15, 0.2) is 23.0 Å². The summed E-state index contributed by atoms with van der Waals surface area (Å²) in [6.07, 6.45) is 3.61. The molecule has 1 aliphatic carbocycles. The Morgan fingerprint density at radius 1 is 1.13 bits per heavy atom. The topological polar surface area (TPSA) is 89.2 Å². The molecule has 8 nitrogen and oxygen atoms in total. The maximum atomic E-state index is 12.6. The molecule has 0 bridgehead atoms. The van der Waals surface area contributed by atoms with Gasteiger partial charge in [-0.25, -0.2) is 9.48 Å². The Morgan fingerprint density at radius 3 is 2.50 bits per heavy atom. The molecule has 2 aromatic rings. The molecule has 0 spiro atoms. The van der Waals surface area contributed by atoms with Crippen molar-refractivity contribution in [2.24, 2.45) is 13.0 Å². The number of benzene rings is 1. The molecule has 2 aliphatic rings. The van der Waals surface area contributed by atoms with Crippen LogP contribution in [0, 0.1) is 19.8 Å². The summed E-state index contributed by atoms with van der Waals surface area (Å²) in [7, 11) is 1.70. The minimum atomic E-state index is -0.294. The van der Waals surface area contributed by atoms with E-state index in [9.17, 15) is 14.4 Å². The number of likely N-dealkylation sites (tertiary alicyclic amines) is 1. The van der Waals surface area contributed by atoms with Gasteiger partial charge in [0.05, 0.1) is 0 Å². The van der Waals surface area contributed by atoms with Crippen LogP contribution in [0.4, 0.5) is 5.69 Å². The van der Waals surface area contributed by atoms with Gasteiger partial charge in [0, 0.05) is 37.7 Å². The van der Waals surface area contributed by atoms with E-state index in [4.69, 9.17) is 0 Å². The SMILES string of the molecule is Cc1cccc(NC(=O)Cn2nc(C3CCN(C(=O)C4CC4)CC3)n(C)c2=O)c1C. The molecule has 1 aromatic heterocycles. The second kappa shape index (κ2) is 8.08. The van der Waals surface area contributed by atoms with Crippen LogP contribution in [0.25, 0.3) is 0 Å². The molecule has 1 saturated heterocycles. The van der Waals surface area contributed by atoms with Crippen molar-refractivity contribution in [1.29, 1.82) is 0 Å². The predicted octanol–water partition coefficient (Wildman–Crippen LogP) is 1.95. The Bertz CT molecular complexity index is 1030. The number of amides is 2. The number of nitrogens with one attached hydrogen (secondary N) is 1. The molecule has 8 heteroatoms. The minimum Gasteiger partial charge on any atom is -0.342 e. The highest BCUT2D eigenvalue weighted by molar-refractivity contribution is 5.91. The normalized spacial score (nSPS) is 17.2. The highest BCUT2D eigenvalue weighted by Gasteiger charge is 2.36. The molecule has 2 amide bonds. The maximum absolute atomic E-state index is 12.6. The van der Waals surface area contributed by atoms with Gasteiger partial charge in [0.1, 0.15) is 12.4 Å². The van der Waals surface area contributed by atoms with E-state index in [0.717, 1.165) is 42.5 Å². The second-order valence-electron chi connectivity index (χ2n) is 8.53. The van der Waals surface area contributed by atoms with Gasteiger partial charge >= 0.3 is 5.69 Å². The molecule has 1 aromatic carbocycles. The number of carbonyl (C=O) groups excluding carboxylic acids is 2. The Hall–Kier alpha value is -2.90. The summed E-state index contributed by atoms with van der Waals surface area (Å²) >= 11 is 0. The summed E-state index contributed by atoms with van der Waals surface area (Å²) in [5, 5.41) is 7.35. The lowest BCUT2D eigenvalue weighted by Crippen LogP contribution is -2.39. The first-order valence-electron chi connectivity index (χ1n) is 10.6. The summed E-state index contributed by atoms with van der Waals surface area (Å²) in [6, 6.07) is 5.73. The first-order chi connectivity index (χ1) is 14.3. The average molecular weight is 412 g/mol. The summed E-state index contributed by atoms with van der Waals surface area (Å²) in [6.45, 7) is 5.22. The molecule has 160 valence electrons. The molecule has 1 N–H and O–H groups in total. The number of carbonyl (C=O) groups is 2. The fourth-order valence-corrected chi connectivity index (χ4v) is 4.12. The summed E-state index contributed by atoms with van der Waals surface area (Å²) in [5.41, 5.74) is 2.55. The van der Waals surface area contributed by atoms with Crippen LogP contribution in [0.1, 0.15) is 48.6 Å².